The fourth-order valence-corrected chi connectivity index (χ4v) is 2.54. The molecule has 0 fully saturated rings. The van der Waals surface area contributed by atoms with Crippen LogP contribution in [0.2, 0.25) is 0 Å². The molecular formula is C17H22N4OS. The van der Waals surface area contributed by atoms with Crippen LogP contribution in [0.1, 0.15) is 34.2 Å². The Kier molecular flexibility index (Phi) is 5.15. The molecule has 6 heteroatoms. The highest BCUT2D eigenvalue weighted by Gasteiger charge is 2.13. The first-order valence-electron chi connectivity index (χ1n) is 7.41. The summed E-state index contributed by atoms with van der Waals surface area (Å²) >= 11 is 5.46. The van der Waals surface area contributed by atoms with Gasteiger partial charge in [-0.3, -0.25) is 9.48 Å². The summed E-state index contributed by atoms with van der Waals surface area (Å²) in [5.41, 5.74) is 4.91. The zero-order valence-electron chi connectivity index (χ0n) is 14.2. The second-order valence-corrected chi connectivity index (χ2v) is 6.08. The molecule has 0 amide bonds. The first-order valence-corrected chi connectivity index (χ1v) is 7.82. The number of Topliss-reactive ketones (excluding diaryl/α,β-unsaturated/α-hetero) is 1. The van der Waals surface area contributed by atoms with Crippen molar-refractivity contribution in [2.24, 2.45) is 7.05 Å². The van der Waals surface area contributed by atoms with Crippen molar-refractivity contribution in [2.75, 3.05) is 12.4 Å². The SMILES string of the molecule is CC(=O)c1ccc(NC(=S)N(C)Cc2c(C)nn(C)c2C)cc1. The van der Waals surface area contributed by atoms with Gasteiger partial charge in [-0.05, 0) is 57.3 Å². The van der Waals surface area contributed by atoms with Crippen LogP contribution in [0, 0.1) is 13.8 Å². The molecule has 23 heavy (non-hydrogen) atoms. The van der Waals surface area contributed by atoms with Gasteiger partial charge in [0.25, 0.3) is 0 Å². The molecule has 2 aromatic rings. The van der Waals surface area contributed by atoms with Crippen molar-refractivity contribution in [3.8, 4) is 0 Å². The summed E-state index contributed by atoms with van der Waals surface area (Å²) in [4.78, 5) is 13.3. The highest BCUT2D eigenvalue weighted by atomic mass is 32.1. The molecule has 0 bridgehead atoms. The highest BCUT2D eigenvalue weighted by Crippen LogP contribution is 2.15. The summed E-state index contributed by atoms with van der Waals surface area (Å²) in [6.45, 7) is 6.32. The zero-order valence-corrected chi connectivity index (χ0v) is 15.0. The van der Waals surface area contributed by atoms with Gasteiger partial charge in [-0.25, -0.2) is 0 Å². The largest absolute Gasteiger partial charge is 0.348 e. The smallest absolute Gasteiger partial charge is 0.173 e. The molecule has 5 nitrogen and oxygen atoms in total. The Morgan fingerprint density at radius 2 is 1.91 bits per heavy atom. The van der Waals surface area contributed by atoms with Crippen LogP contribution in [0.15, 0.2) is 24.3 Å². The molecule has 0 radical (unpaired) electrons. The van der Waals surface area contributed by atoms with Gasteiger partial charge >= 0.3 is 0 Å². The van der Waals surface area contributed by atoms with Crippen molar-refractivity contribution < 1.29 is 4.79 Å². The number of thiocarbonyl (C=S) groups is 1. The van der Waals surface area contributed by atoms with E-state index < -0.39 is 0 Å². The van der Waals surface area contributed by atoms with Gasteiger partial charge in [-0.15, -0.1) is 0 Å². The van der Waals surface area contributed by atoms with Gasteiger partial charge in [0.1, 0.15) is 0 Å². The third-order valence-electron chi connectivity index (χ3n) is 3.94. The summed E-state index contributed by atoms with van der Waals surface area (Å²) in [7, 11) is 3.89. The monoisotopic (exact) mass is 330 g/mol. The number of carbonyl (C=O) groups excluding carboxylic acids is 1. The maximum Gasteiger partial charge on any atom is 0.173 e. The molecule has 0 atom stereocenters. The molecule has 2 rings (SSSR count). The Hall–Kier alpha value is -2.21. The van der Waals surface area contributed by atoms with Crippen LogP contribution in [0.25, 0.3) is 0 Å². The van der Waals surface area contributed by atoms with Gasteiger partial charge in [0.2, 0.25) is 0 Å². The normalized spacial score (nSPS) is 10.5. The van der Waals surface area contributed by atoms with Crippen LogP contribution in [0.5, 0.6) is 0 Å². The summed E-state index contributed by atoms with van der Waals surface area (Å²) in [5.74, 6) is 0.0544. The Morgan fingerprint density at radius 3 is 2.39 bits per heavy atom. The number of hydrogen-bond donors (Lipinski definition) is 1. The maximum absolute atomic E-state index is 11.3. The van der Waals surface area contributed by atoms with Crippen LogP contribution < -0.4 is 5.32 Å². The van der Waals surface area contributed by atoms with E-state index in [2.05, 4.69) is 17.3 Å². The van der Waals surface area contributed by atoms with Crippen LogP contribution >= 0.6 is 12.2 Å². The molecule has 1 aromatic heterocycles. The number of ketones is 1. The van der Waals surface area contributed by atoms with E-state index in [9.17, 15) is 4.79 Å². The Labute approximate surface area is 142 Å². The van der Waals surface area contributed by atoms with Crippen molar-refractivity contribution in [1.29, 1.82) is 0 Å². The van der Waals surface area contributed by atoms with E-state index in [-0.39, 0.29) is 5.78 Å². The summed E-state index contributed by atoms with van der Waals surface area (Å²) in [6, 6.07) is 7.31. The molecule has 0 saturated carbocycles. The Morgan fingerprint density at radius 1 is 1.30 bits per heavy atom. The molecule has 122 valence electrons. The van der Waals surface area contributed by atoms with Crippen molar-refractivity contribution in [2.45, 2.75) is 27.3 Å². The van der Waals surface area contributed by atoms with Gasteiger partial charge < -0.3 is 10.2 Å². The molecule has 1 N–H and O–H groups in total. The van der Waals surface area contributed by atoms with Crippen LogP contribution in [-0.4, -0.2) is 32.6 Å². The lowest BCUT2D eigenvalue weighted by atomic mass is 10.1. The minimum Gasteiger partial charge on any atom is -0.348 e. The number of rotatable bonds is 4. The summed E-state index contributed by atoms with van der Waals surface area (Å²) < 4.78 is 1.88. The molecule has 0 saturated heterocycles. The number of aromatic nitrogens is 2. The van der Waals surface area contributed by atoms with E-state index in [1.54, 1.807) is 19.1 Å². The Balaban J connectivity index is 2.03. The predicted molar refractivity (Wildman–Crippen MR) is 96.8 cm³/mol. The summed E-state index contributed by atoms with van der Waals surface area (Å²) in [6.07, 6.45) is 0. The van der Waals surface area contributed by atoms with E-state index in [1.807, 2.05) is 42.7 Å². The fourth-order valence-electron chi connectivity index (χ4n) is 2.36. The average molecular weight is 330 g/mol. The Bertz CT molecular complexity index is 734. The maximum atomic E-state index is 11.3. The second kappa shape index (κ2) is 6.91. The van der Waals surface area contributed by atoms with Crippen molar-refractivity contribution in [3.63, 3.8) is 0 Å². The second-order valence-electron chi connectivity index (χ2n) is 5.69. The van der Waals surface area contributed by atoms with Gasteiger partial charge in [0.05, 0.1) is 5.69 Å². The quantitative estimate of drug-likeness (QED) is 0.690. The van der Waals surface area contributed by atoms with Crippen LogP contribution in [0.3, 0.4) is 0 Å². The zero-order chi connectivity index (χ0) is 17.1. The lowest BCUT2D eigenvalue weighted by Gasteiger charge is -2.21. The average Bonchev–Trinajstić information content (AvgIpc) is 2.74. The number of hydrogen-bond acceptors (Lipinski definition) is 3. The molecule has 0 aliphatic carbocycles. The third kappa shape index (κ3) is 3.96. The van der Waals surface area contributed by atoms with Gasteiger partial charge in [0.15, 0.2) is 10.9 Å². The third-order valence-corrected chi connectivity index (χ3v) is 4.36. The summed E-state index contributed by atoms with van der Waals surface area (Å²) in [5, 5.41) is 8.25. The molecule has 0 spiro atoms. The molecule has 1 heterocycles. The first-order chi connectivity index (χ1) is 10.8. The topological polar surface area (TPSA) is 50.2 Å². The molecule has 0 aliphatic rings. The van der Waals surface area contributed by atoms with E-state index in [0.29, 0.717) is 17.2 Å². The van der Waals surface area contributed by atoms with Crippen molar-refractivity contribution >= 4 is 28.8 Å². The lowest BCUT2D eigenvalue weighted by molar-refractivity contribution is 0.101. The molecule has 0 unspecified atom stereocenters. The molecular weight excluding hydrogens is 308 g/mol. The lowest BCUT2D eigenvalue weighted by Crippen LogP contribution is -2.31. The fraction of sp³-hybridized carbons (Fsp3) is 0.353. The number of aryl methyl sites for hydroxylation is 2. The molecule has 0 aliphatic heterocycles. The highest BCUT2D eigenvalue weighted by molar-refractivity contribution is 7.80. The predicted octanol–water partition coefficient (Wildman–Crippen LogP) is 3.07. The number of nitrogens with one attached hydrogen (secondary N) is 1. The number of nitrogens with zero attached hydrogens (tertiary/aromatic N) is 3. The van der Waals surface area contributed by atoms with Crippen LogP contribution in [0.4, 0.5) is 5.69 Å². The van der Waals surface area contributed by atoms with E-state index in [4.69, 9.17) is 12.2 Å². The molecule has 1 aromatic carbocycles. The minimum atomic E-state index is 0.0544. The van der Waals surface area contributed by atoms with Crippen LogP contribution in [-0.2, 0) is 13.6 Å². The van der Waals surface area contributed by atoms with Gasteiger partial charge in [0, 0.05) is 43.1 Å². The van der Waals surface area contributed by atoms with Crippen molar-refractivity contribution in [3.05, 3.63) is 46.8 Å². The number of benzene rings is 1. The minimum absolute atomic E-state index is 0.0544. The van der Waals surface area contributed by atoms with Gasteiger partial charge in [-0.1, -0.05) is 0 Å². The van der Waals surface area contributed by atoms with Crippen molar-refractivity contribution in [1.82, 2.24) is 14.7 Å². The van der Waals surface area contributed by atoms with E-state index >= 15 is 0 Å². The number of carbonyl (C=O) groups is 1. The number of anilines is 1. The van der Waals surface area contributed by atoms with Gasteiger partial charge in [-0.2, -0.15) is 5.10 Å². The van der Waals surface area contributed by atoms with E-state index in [0.717, 1.165) is 17.1 Å². The first kappa shape index (κ1) is 17.1. The standard InChI is InChI=1S/C17H22N4OS/c1-11-16(12(2)21(5)19-11)10-20(4)17(23)18-15-8-6-14(7-9-15)13(3)22/h6-9H,10H2,1-5H3,(H,18,23). The van der Waals surface area contributed by atoms with E-state index in [1.165, 1.54) is 5.56 Å².